The number of fused-ring (bicyclic) bond motifs is 2. The number of halogens is 2. The van der Waals surface area contributed by atoms with Crippen LogP contribution in [0.1, 0.15) is 24.4 Å². The quantitative estimate of drug-likeness (QED) is 0.403. The third kappa shape index (κ3) is 3.83. The highest BCUT2D eigenvalue weighted by molar-refractivity contribution is 9.11. The third-order valence-corrected chi connectivity index (χ3v) is 5.69. The van der Waals surface area contributed by atoms with E-state index in [9.17, 15) is 4.79 Å². The number of nitrogens with one attached hydrogen (secondary N) is 2. The molecule has 4 nitrogen and oxygen atoms in total. The summed E-state index contributed by atoms with van der Waals surface area (Å²) in [5.74, 6) is 0.614. The molecule has 0 amide bonds. The van der Waals surface area contributed by atoms with Crippen LogP contribution in [-0.4, -0.2) is 9.97 Å². The Balaban J connectivity index is 1.58. The summed E-state index contributed by atoms with van der Waals surface area (Å²) >= 11 is 6.90. The predicted molar refractivity (Wildman–Crippen MR) is 117 cm³/mol. The van der Waals surface area contributed by atoms with E-state index in [1.807, 2.05) is 18.2 Å². The third-order valence-electron chi connectivity index (χ3n) is 4.63. The number of aromatic nitrogens is 2. The van der Waals surface area contributed by atoms with E-state index < -0.39 is 0 Å². The number of H-pyrrole nitrogens is 1. The van der Waals surface area contributed by atoms with Crippen LogP contribution in [0.3, 0.4) is 0 Å². The molecule has 2 N–H and O–H groups in total. The molecule has 1 heterocycles. The van der Waals surface area contributed by atoms with Gasteiger partial charge < -0.3 is 10.3 Å². The number of rotatable bonds is 4. The molecule has 1 aromatic heterocycles. The van der Waals surface area contributed by atoms with E-state index in [0.29, 0.717) is 23.3 Å². The molecule has 0 aliphatic heterocycles. The van der Waals surface area contributed by atoms with Crippen molar-refractivity contribution in [2.24, 2.45) is 0 Å². The molecule has 4 aromatic rings. The Kier molecular flexibility index (Phi) is 5.12. The van der Waals surface area contributed by atoms with Crippen molar-refractivity contribution < 1.29 is 0 Å². The summed E-state index contributed by atoms with van der Waals surface area (Å²) in [6, 6.07) is 18.6. The minimum atomic E-state index is -0.142. The van der Waals surface area contributed by atoms with Crippen molar-refractivity contribution in [1.82, 2.24) is 15.3 Å². The Bertz CT molecular complexity index is 1200. The molecule has 1 atom stereocenters. The van der Waals surface area contributed by atoms with Gasteiger partial charge in [-0.3, -0.25) is 4.79 Å². The van der Waals surface area contributed by atoms with Gasteiger partial charge in [0.05, 0.1) is 17.4 Å². The van der Waals surface area contributed by atoms with Crippen LogP contribution in [0, 0.1) is 0 Å². The largest absolute Gasteiger partial charge is 0.309 e. The zero-order valence-electron chi connectivity index (χ0n) is 14.6. The Labute approximate surface area is 173 Å². The SMILES string of the molecule is CC(NCc1nc2c(Br)cc(Br)cc2c(=O)[nH]1)c1ccc2ccccc2c1. The molecule has 0 saturated heterocycles. The fourth-order valence-electron chi connectivity index (χ4n) is 3.14. The molecule has 1 unspecified atom stereocenters. The molecule has 0 fully saturated rings. The van der Waals surface area contributed by atoms with Gasteiger partial charge in [-0.15, -0.1) is 0 Å². The maximum Gasteiger partial charge on any atom is 0.258 e. The van der Waals surface area contributed by atoms with E-state index in [1.165, 1.54) is 16.3 Å². The van der Waals surface area contributed by atoms with E-state index in [1.54, 1.807) is 6.07 Å². The lowest BCUT2D eigenvalue weighted by atomic mass is 10.0. The van der Waals surface area contributed by atoms with Gasteiger partial charge in [-0.1, -0.05) is 52.3 Å². The van der Waals surface area contributed by atoms with Crippen LogP contribution in [0.25, 0.3) is 21.7 Å². The second kappa shape index (κ2) is 7.54. The molecular weight excluding hydrogens is 470 g/mol. The summed E-state index contributed by atoms with van der Waals surface area (Å²) in [6.07, 6.45) is 0. The molecule has 27 heavy (non-hydrogen) atoms. The van der Waals surface area contributed by atoms with Crippen molar-refractivity contribution in [2.45, 2.75) is 19.5 Å². The first-order valence-corrected chi connectivity index (χ1v) is 10.2. The predicted octanol–water partition coefficient (Wildman–Crippen LogP) is 5.45. The normalized spacial score (nSPS) is 12.6. The van der Waals surface area contributed by atoms with Gasteiger partial charge in [0.2, 0.25) is 0 Å². The fourth-order valence-corrected chi connectivity index (χ4v) is 4.46. The molecule has 0 spiro atoms. The van der Waals surface area contributed by atoms with Crippen LogP contribution in [-0.2, 0) is 6.54 Å². The van der Waals surface area contributed by atoms with E-state index >= 15 is 0 Å². The van der Waals surface area contributed by atoms with Crippen molar-refractivity contribution in [1.29, 1.82) is 0 Å². The zero-order valence-corrected chi connectivity index (χ0v) is 17.8. The molecule has 136 valence electrons. The van der Waals surface area contributed by atoms with Crippen molar-refractivity contribution in [3.63, 3.8) is 0 Å². The first-order chi connectivity index (χ1) is 13.0. The summed E-state index contributed by atoms with van der Waals surface area (Å²) in [7, 11) is 0. The minimum Gasteiger partial charge on any atom is -0.309 e. The highest BCUT2D eigenvalue weighted by Gasteiger charge is 2.11. The highest BCUT2D eigenvalue weighted by atomic mass is 79.9. The summed E-state index contributed by atoms with van der Waals surface area (Å²) in [6.45, 7) is 2.58. The average molecular weight is 487 g/mol. The fraction of sp³-hybridized carbons (Fsp3) is 0.143. The van der Waals surface area contributed by atoms with E-state index in [0.717, 1.165) is 8.95 Å². The van der Waals surface area contributed by atoms with Gasteiger partial charge in [-0.05, 0) is 57.4 Å². The molecular formula is C21H17Br2N3O. The lowest BCUT2D eigenvalue weighted by Crippen LogP contribution is -2.22. The summed E-state index contributed by atoms with van der Waals surface area (Å²) in [5, 5.41) is 6.45. The first kappa shape index (κ1) is 18.3. The van der Waals surface area contributed by atoms with Gasteiger partial charge in [0.15, 0.2) is 0 Å². The number of hydrogen-bond donors (Lipinski definition) is 2. The summed E-state index contributed by atoms with van der Waals surface area (Å²) in [5.41, 5.74) is 1.72. The summed E-state index contributed by atoms with van der Waals surface area (Å²) < 4.78 is 1.63. The van der Waals surface area contributed by atoms with Crippen LogP contribution in [0.4, 0.5) is 0 Å². The first-order valence-electron chi connectivity index (χ1n) is 8.61. The molecule has 0 aliphatic rings. The lowest BCUT2D eigenvalue weighted by Gasteiger charge is -2.15. The van der Waals surface area contributed by atoms with Gasteiger partial charge >= 0.3 is 0 Å². The topological polar surface area (TPSA) is 57.8 Å². The Hall–Kier alpha value is -2.02. The van der Waals surface area contributed by atoms with Gasteiger partial charge in [0.25, 0.3) is 5.56 Å². The highest BCUT2D eigenvalue weighted by Crippen LogP contribution is 2.25. The van der Waals surface area contributed by atoms with Gasteiger partial charge in [-0.25, -0.2) is 4.98 Å². The van der Waals surface area contributed by atoms with Crippen LogP contribution < -0.4 is 10.9 Å². The molecule has 0 bridgehead atoms. The Morgan fingerprint density at radius 2 is 1.85 bits per heavy atom. The zero-order chi connectivity index (χ0) is 19.0. The van der Waals surface area contributed by atoms with Crippen LogP contribution >= 0.6 is 31.9 Å². The number of nitrogens with zero attached hydrogens (tertiary/aromatic N) is 1. The molecule has 4 rings (SSSR count). The average Bonchev–Trinajstić information content (AvgIpc) is 2.66. The standard InChI is InChI=1S/C21H17Br2N3O/c1-12(14-7-6-13-4-2-3-5-15(13)8-14)24-11-19-25-20-17(21(27)26-19)9-16(22)10-18(20)23/h2-10,12,24H,11H2,1H3,(H,25,26,27). The molecule has 6 heteroatoms. The minimum absolute atomic E-state index is 0.129. The Morgan fingerprint density at radius 1 is 1.07 bits per heavy atom. The maximum absolute atomic E-state index is 12.4. The number of benzene rings is 3. The van der Waals surface area contributed by atoms with Crippen LogP contribution in [0.2, 0.25) is 0 Å². The van der Waals surface area contributed by atoms with Crippen LogP contribution in [0.15, 0.2) is 68.3 Å². The molecule has 0 aliphatic carbocycles. The maximum atomic E-state index is 12.4. The smallest absolute Gasteiger partial charge is 0.258 e. The van der Waals surface area contributed by atoms with E-state index in [4.69, 9.17) is 0 Å². The number of hydrogen-bond acceptors (Lipinski definition) is 3. The molecule has 3 aromatic carbocycles. The van der Waals surface area contributed by atoms with Crippen molar-refractivity contribution >= 4 is 53.5 Å². The monoisotopic (exact) mass is 485 g/mol. The van der Waals surface area contributed by atoms with Crippen LogP contribution in [0.5, 0.6) is 0 Å². The van der Waals surface area contributed by atoms with E-state index in [-0.39, 0.29) is 11.6 Å². The Morgan fingerprint density at radius 3 is 2.67 bits per heavy atom. The van der Waals surface area contributed by atoms with Crippen molar-refractivity contribution in [3.8, 4) is 0 Å². The van der Waals surface area contributed by atoms with Gasteiger partial charge in [-0.2, -0.15) is 0 Å². The van der Waals surface area contributed by atoms with Crippen molar-refractivity contribution in [3.05, 3.63) is 85.3 Å². The second-order valence-corrected chi connectivity index (χ2v) is 8.28. The van der Waals surface area contributed by atoms with E-state index in [2.05, 4.69) is 84.4 Å². The van der Waals surface area contributed by atoms with Gasteiger partial charge in [0, 0.05) is 15.0 Å². The summed E-state index contributed by atoms with van der Waals surface area (Å²) in [4.78, 5) is 19.9. The molecule has 0 radical (unpaired) electrons. The molecule has 0 saturated carbocycles. The van der Waals surface area contributed by atoms with Gasteiger partial charge in [0.1, 0.15) is 5.82 Å². The second-order valence-electron chi connectivity index (χ2n) is 6.51. The lowest BCUT2D eigenvalue weighted by molar-refractivity contribution is 0.560. The van der Waals surface area contributed by atoms with Crippen molar-refractivity contribution in [2.75, 3.05) is 0 Å². The number of aromatic amines is 1.